The summed E-state index contributed by atoms with van der Waals surface area (Å²) in [5.74, 6) is -0.757. The van der Waals surface area contributed by atoms with E-state index in [4.69, 9.17) is 11.6 Å². The van der Waals surface area contributed by atoms with Crippen molar-refractivity contribution >= 4 is 23.2 Å². The highest BCUT2D eigenvalue weighted by molar-refractivity contribution is 6.31. The number of carbonyl (C=O) groups excluding carboxylic acids is 1. The van der Waals surface area contributed by atoms with Crippen molar-refractivity contribution in [3.05, 3.63) is 56.9 Å². The summed E-state index contributed by atoms with van der Waals surface area (Å²) in [6.45, 7) is -0.0995. The number of hydrogen-bond donors (Lipinski definition) is 1. The van der Waals surface area contributed by atoms with Crippen LogP contribution in [0, 0.1) is 10.1 Å². The van der Waals surface area contributed by atoms with Gasteiger partial charge in [0.25, 0.3) is 11.6 Å². The Morgan fingerprint density at radius 2 is 2.08 bits per heavy atom. The molecule has 0 aliphatic carbocycles. The van der Waals surface area contributed by atoms with Gasteiger partial charge >= 0.3 is 6.18 Å². The molecule has 1 amide bonds. The standard InChI is InChI=1S/C13H10ClF3N4O3/c14-8-1-2-10(21(23)24)9(7-8)12(22)18-4-6-20-5-3-11(19-20)13(15,16)17/h1-3,5,7H,4,6H2,(H,18,22). The number of hydrogen-bond acceptors (Lipinski definition) is 4. The lowest BCUT2D eigenvalue weighted by Gasteiger charge is -2.07. The van der Waals surface area contributed by atoms with E-state index in [1.807, 2.05) is 0 Å². The smallest absolute Gasteiger partial charge is 0.350 e. The lowest BCUT2D eigenvalue weighted by Crippen LogP contribution is -2.28. The summed E-state index contributed by atoms with van der Waals surface area (Å²) in [6.07, 6.45) is -3.42. The monoisotopic (exact) mass is 362 g/mol. The topological polar surface area (TPSA) is 90.1 Å². The fourth-order valence-electron chi connectivity index (χ4n) is 1.87. The van der Waals surface area contributed by atoms with Crippen LogP contribution in [0.3, 0.4) is 0 Å². The van der Waals surface area contributed by atoms with Gasteiger partial charge in [0.15, 0.2) is 5.69 Å². The molecule has 2 rings (SSSR count). The lowest BCUT2D eigenvalue weighted by molar-refractivity contribution is -0.385. The Kier molecular flexibility index (Phi) is 5.07. The summed E-state index contributed by atoms with van der Waals surface area (Å²) in [6, 6.07) is 4.33. The molecule has 0 aliphatic heterocycles. The van der Waals surface area contributed by atoms with Crippen molar-refractivity contribution in [2.24, 2.45) is 0 Å². The van der Waals surface area contributed by atoms with Crippen LogP contribution in [0.4, 0.5) is 18.9 Å². The van der Waals surface area contributed by atoms with Gasteiger partial charge in [0.2, 0.25) is 0 Å². The Morgan fingerprint density at radius 1 is 1.38 bits per heavy atom. The Morgan fingerprint density at radius 3 is 2.67 bits per heavy atom. The Labute approximate surface area is 138 Å². The summed E-state index contributed by atoms with van der Waals surface area (Å²) in [4.78, 5) is 22.2. The van der Waals surface area contributed by atoms with Crippen molar-refractivity contribution in [3.63, 3.8) is 0 Å². The van der Waals surface area contributed by atoms with Gasteiger partial charge in [0.05, 0.1) is 11.5 Å². The van der Waals surface area contributed by atoms with Gasteiger partial charge < -0.3 is 5.32 Å². The van der Waals surface area contributed by atoms with E-state index in [9.17, 15) is 28.1 Å². The number of rotatable bonds is 5. The molecule has 7 nitrogen and oxygen atoms in total. The number of aromatic nitrogens is 2. The quantitative estimate of drug-likeness (QED) is 0.654. The van der Waals surface area contributed by atoms with Crippen LogP contribution in [0.15, 0.2) is 30.5 Å². The van der Waals surface area contributed by atoms with E-state index < -0.39 is 28.4 Å². The van der Waals surface area contributed by atoms with Crippen LogP contribution in [0.25, 0.3) is 0 Å². The molecule has 0 aliphatic rings. The lowest BCUT2D eigenvalue weighted by atomic mass is 10.1. The zero-order chi connectivity index (χ0) is 17.9. The van der Waals surface area contributed by atoms with E-state index in [-0.39, 0.29) is 23.7 Å². The number of carbonyl (C=O) groups is 1. The number of halogens is 4. The maximum absolute atomic E-state index is 12.4. The van der Waals surface area contributed by atoms with Gasteiger partial charge in [-0.2, -0.15) is 18.3 Å². The average molecular weight is 363 g/mol. The first-order valence-electron chi connectivity index (χ1n) is 6.51. The van der Waals surface area contributed by atoms with Crippen LogP contribution in [-0.4, -0.2) is 27.2 Å². The summed E-state index contributed by atoms with van der Waals surface area (Å²) in [7, 11) is 0. The Bertz CT molecular complexity index is 776. The minimum atomic E-state index is -4.55. The molecular formula is C13H10ClF3N4O3. The van der Waals surface area contributed by atoms with Crippen molar-refractivity contribution < 1.29 is 22.9 Å². The predicted molar refractivity (Wildman–Crippen MR) is 77.7 cm³/mol. The maximum Gasteiger partial charge on any atom is 0.435 e. The van der Waals surface area contributed by atoms with Crippen LogP contribution in [0.5, 0.6) is 0 Å². The van der Waals surface area contributed by atoms with E-state index in [1.165, 1.54) is 6.07 Å². The minimum absolute atomic E-state index is 0.0316. The molecule has 11 heteroatoms. The molecule has 0 unspecified atom stereocenters. The van der Waals surface area contributed by atoms with Crippen LogP contribution in [0.1, 0.15) is 16.1 Å². The third-order valence-electron chi connectivity index (χ3n) is 2.96. The van der Waals surface area contributed by atoms with E-state index in [0.717, 1.165) is 29.1 Å². The highest BCUT2D eigenvalue weighted by atomic mass is 35.5. The number of nitrogens with one attached hydrogen (secondary N) is 1. The van der Waals surface area contributed by atoms with Crippen molar-refractivity contribution in [3.8, 4) is 0 Å². The molecule has 0 radical (unpaired) electrons. The fraction of sp³-hybridized carbons (Fsp3) is 0.231. The third-order valence-corrected chi connectivity index (χ3v) is 3.19. The van der Waals surface area contributed by atoms with Gasteiger partial charge in [0.1, 0.15) is 5.56 Å². The molecule has 0 spiro atoms. The van der Waals surface area contributed by atoms with E-state index in [1.54, 1.807) is 0 Å². The van der Waals surface area contributed by atoms with Crippen LogP contribution in [-0.2, 0) is 12.7 Å². The van der Waals surface area contributed by atoms with Crippen molar-refractivity contribution in [2.75, 3.05) is 6.54 Å². The molecule has 0 saturated carbocycles. The van der Waals surface area contributed by atoms with Crippen LogP contribution < -0.4 is 5.32 Å². The molecule has 0 bridgehead atoms. The molecular weight excluding hydrogens is 353 g/mol. The number of nitro benzene ring substituents is 1. The molecule has 128 valence electrons. The second-order valence-corrected chi connectivity index (χ2v) is 5.07. The number of amides is 1. The van der Waals surface area contributed by atoms with Gasteiger partial charge in [-0.15, -0.1) is 0 Å². The largest absolute Gasteiger partial charge is 0.435 e. The first kappa shape index (κ1) is 17.7. The third kappa shape index (κ3) is 4.22. The second-order valence-electron chi connectivity index (χ2n) is 4.64. The molecule has 24 heavy (non-hydrogen) atoms. The maximum atomic E-state index is 12.4. The van der Waals surface area contributed by atoms with E-state index >= 15 is 0 Å². The SMILES string of the molecule is O=C(NCCn1ccc(C(F)(F)F)n1)c1cc(Cl)ccc1[N+](=O)[O-]. The molecule has 1 aromatic heterocycles. The molecule has 2 aromatic rings. The van der Waals surface area contributed by atoms with Gasteiger partial charge in [-0.3, -0.25) is 19.6 Å². The molecule has 0 fully saturated rings. The first-order valence-corrected chi connectivity index (χ1v) is 6.89. The molecule has 1 heterocycles. The number of alkyl halides is 3. The van der Waals surface area contributed by atoms with Crippen LogP contribution in [0.2, 0.25) is 5.02 Å². The van der Waals surface area contributed by atoms with Gasteiger partial charge in [-0.05, 0) is 18.2 Å². The van der Waals surface area contributed by atoms with E-state index in [2.05, 4.69) is 10.4 Å². The van der Waals surface area contributed by atoms with Gasteiger partial charge in [-0.25, -0.2) is 0 Å². The van der Waals surface area contributed by atoms with Crippen molar-refractivity contribution in [1.82, 2.24) is 15.1 Å². The Balaban J connectivity index is 2.00. The summed E-state index contributed by atoms with van der Waals surface area (Å²) in [5, 5.41) is 16.7. The predicted octanol–water partition coefficient (Wildman–Crippen LogP) is 2.89. The normalized spacial score (nSPS) is 11.3. The molecule has 0 atom stereocenters. The fourth-order valence-corrected chi connectivity index (χ4v) is 2.04. The summed E-state index contributed by atoms with van der Waals surface area (Å²) in [5.41, 5.74) is -1.70. The highest BCUT2D eigenvalue weighted by Crippen LogP contribution is 2.27. The van der Waals surface area contributed by atoms with Crippen molar-refractivity contribution in [2.45, 2.75) is 12.7 Å². The number of nitro groups is 1. The second kappa shape index (κ2) is 6.87. The summed E-state index contributed by atoms with van der Waals surface area (Å²) >= 11 is 5.72. The van der Waals surface area contributed by atoms with Gasteiger partial charge in [0, 0.05) is 23.8 Å². The number of benzene rings is 1. The van der Waals surface area contributed by atoms with Crippen LogP contribution >= 0.6 is 11.6 Å². The highest BCUT2D eigenvalue weighted by Gasteiger charge is 2.33. The van der Waals surface area contributed by atoms with Crippen molar-refractivity contribution in [1.29, 1.82) is 0 Å². The zero-order valence-corrected chi connectivity index (χ0v) is 12.6. The first-order chi connectivity index (χ1) is 11.2. The van der Waals surface area contributed by atoms with Gasteiger partial charge in [-0.1, -0.05) is 11.6 Å². The van der Waals surface area contributed by atoms with E-state index in [0.29, 0.717) is 0 Å². The minimum Gasteiger partial charge on any atom is -0.350 e. The molecule has 0 saturated heterocycles. The molecule has 1 aromatic carbocycles. The molecule has 1 N–H and O–H groups in total. The average Bonchev–Trinajstić information content (AvgIpc) is 2.95. The Hall–Kier alpha value is -2.62. The number of nitrogens with zero attached hydrogens (tertiary/aromatic N) is 3. The zero-order valence-electron chi connectivity index (χ0n) is 11.9. The summed E-state index contributed by atoms with van der Waals surface area (Å²) < 4.78 is 38.2.